The van der Waals surface area contributed by atoms with Gasteiger partial charge in [0.2, 0.25) is 0 Å². The van der Waals surface area contributed by atoms with Crippen molar-refractivity contribution < 1.29 is 10.0 Å². The summed E-state index contributed by atoms with van der Waals surface area (Å²) in [5.74, 6) is 1.05. The number of benzene rings is 1. The number of nitrogens with zero attached hydrogens (tertiary/aromatic N) is 2. The lowest BCUT2D eigenvalue weighted by atomic mass is 9.80. The van der Waals surface area contributed by atoms with E-state index in [1.165, 1.54) is 0 Å². The highest BCUT2D eigenvalue weighted by Gasteiger charge is 2.09. The second kappa shape index (κ2) is 5.16. The van der Waals surface area contributed by atoms with Crippen molar-refractivity contribution in [3.05, 3.63) is 48.0 Å². The third-order valence-corrected chi connectivity index (χ3v) is 2.75. The molecule has 1 aromatic carbocycles. The van der Waals surface area contributed by atoms with Crippen molar-refractivity contribution in [1.82, 2.24) is 9.55 Å². The Hall–Kier alpha value is -1.59. The summed E-state index contributed by atoms with van der Waals surface area (Å²) in [5.41, 5.74) is 1.62. The summed E-state index contributed by atoms with van der Waals surface area (Å²) >= 11 is 0. The van der Waals surface area contributed by atoms with Crippen molar-refractivity contribution in [2.45, 2.75) is 19.9 Å². The normalized spacial score (nSPS) is 10.5. The van der Waals surface area contributed by atoms with E-state index in [-0.39, 0.29) is 0 Å². The zero-order valence-electron chi connectivity index (χ0n) is 9.74. The van der Waals surface area contributed by atoms with Crippen molar-refractivity contribution in [3.63, 3.8) is 0 Å². The van der Waals surface area contributed by atoms with Gasteiger partial charge < -0.3 is 14.6 Å². The molecule has 2 N–H and O–H groups in total. The van der Waals surface area contributed by atoms with E-state index in [2.05, 4.69) is 16.5 Å². The molecule has 88 valence electrons. The molecule has 2 aromatic rings. The molecular formula is C12H15BN2O2. The van der Waals surface area contributed by atoms with Crippen LogP contribution in [0.4, 0.5) is 0 Å². The van der Waals surface area contributed by atoms with Gasteiger partial charge in [0.1, 0.15) is 5.82 Å². The second-order valence-electron chi connectivity index (χ2n) is 3.94. The first-order valence-corrected chi connectivity index (χ1v) is 5.65. The molecule has 0 amide bonds. The molecule has 0 saturated heterocycles. The van der Waals surface area contributed by atoms with E-state index in [0.29, 0.717) is 5.46 Å². The summed E-state index contributed by atoms with van der Waals surface area (Å²) < 4.78 is 2.09. The molecule has 0 bridgehead atoms. The van der Waals surface area contributed by atoms with Crippen LogP contribution in [0.3, 0.4) is 0 Å². The minimum Gasteiger partial charge on any atom is -0.423 e. The van der Waals surface area contributed by atoms with Gasteiger partial charge in [-0.15, -0.1) is 0 Å². The maximum absolute atomic E-state index is 8.99. The highest BCUT2D eigenvalue weighted by molar-refractivity contribution is 6.58. The molecule has 0 atom stereocenters. The minimum atomic E-state index is -1.40. The maximum atomic E-state index is 8.99. The predicted octanol–water partition coefficient (Wildman–Crippen LogP) is 0.174. The predicted molar refractivity (Wildman–Crippen MR) is 67.0 cm³/mol. The third-order valence-electron chi connectivity index (χ3n) is 2.75. The van der Waals surface area contributed by atoms with Gasteiger partial charge in [-0.2, -0.15) is 0 Å². The number of imidazole rings is 1. The molecule has 0 aliphatic carbocycles. The summed E-state index contributed by atoms with van der Waals surface area (Å²) in [6, 6.07) is 7.24. The lowest BCUT2D eigenvalue weighted by Crippen LogP contribution is -2.29. The molecule has 1 heterocycles. The Bertz CT molecular complexity index is 480. The Kier molecular flexibility index (Phi) is 3.61. The fourth-order valence-electron chi connectivity index (χ4n) is 1.79. The lowest BCUT2D eigenvalue weighted by molar-refractivity contribution is 0.426. The van der Waals surface area contributed by atoms with Gasteiger partial charge in [-0.05, 0) is 11.0 Å². The molecule has 1 aromatic heterocycles. The standard InChI is InChI=1S/C12H15BN2O2/c1-2-12-14-7-8-15(12)9-10-3-5-11(6-4-10)13(16)17/h3-8,16-17H,2,9H2,1H3. The van der Waals surface area contributed by atoms with Crippen LogP contribution in [-0.2, 0) is 13.0 Å². The molecule has 2 rings (SSSR count). The highest BCUT2D eigenvalue weighted by atomic mass is 16.4. The molecule has 0 aliphatic heterocycles. The summed E-state index contributed by atoms with van der Waals surface area (Å²) in [4.78, 5) is 4.26. The van der Waals surface area contributed by atoms with Gasteiger partial charge in [-0.25, -0.2) is 4.98 Å². The van der Waals surface area contributed by atoms with Gasteiger partial charge in [-0.3, -0.25) is 0 Å². The molecule has 4 nitrogen and oxygen atoms in total. The quantitative estimate of drug-likeness (QED) is 0.736. The molecular weight excluding hydrogens is 215 g/mol. The molecule has 0 unspecified atom stereocenters. The van der Waals surface area contributed by atoms with Crippen LogP contribution in [0.5, 0.6) is 0 Å². The van der Waals surface area contributed by atoms with E-state index in [9.17, 15) is 0 Å². The second-order valence-corrected chi connectivity index (χ2v) is 3.94. The van der Waals surface area contributed by atoms with E-state index in [0.717, 1.165) is 24.4 Å². The van der Waals surface area contributed by atoms with Crippen LogP contribution >= 0.6 is 0 Å². The van der Waals surface area contributed by atoms with Crippen LogP contribution in [0, 0.1) is 0 Å². The van der Waals surface area contributed by atoms with E-state index in [1.807, 2.05) is 18.3 Å². The first-order chi connectivity index (χ1) is 8.20. The average Bonchev–Trinajstić information content (AvgIpc) is 2.77. The number of hydrogen-bond donors (Lipinski definition) is 2. The SMILES string of the molecule is CCc1nccn1Cc1ccc(B(O)O)cc1. The zero-order valence-corrected chi connectivity index (χ0v) is 9.74. The lowest BCUT2D eigenvalue weighted by Gasteiger charge is -2.07. The Morgan fingerprint density at radius 2 is 1.94 bits per heavy atom. The molecule has 17 heavy (non-hydrogen) atoms. The number of aryl methyl sites for hydroxylation is 1. The first-order valence-electron chi connectivity index (χ1n) is 5.65. The Balaban J connectivity index is 2.14. The average molecular weight is 230 g/mol. The molecule has 0 aliphatic rings. The minimum absolute atomic E-state index is 0.509. The van der Waals surface area contributed by atoms with Crippen molar-refractivity contribution in [2.75, 3.05) is 0 Å². The topological polar surface area (TPSA) is 58.3 Å². The summed E-state index contributed by atoms with van der Waals surface area (Å²) in [5, 5.41) is 18.0. The van der Waals surface area contributed by atoms with Gasteiger partial charge in [0.05, 0.1) is 0 Å². The zero-order chi connectivity index (χ0) is 12.3. The third kappa shape index (κ3) is 2.75. The number of hydrogen-bond acceptors (Lipinski definition) is 3. The van der Waals surface area contributed by atoms with Crippen LogP contribution in [0.15, 0.2) is 36.7 Å². The van der Waals surface area contributed by atoms with Crippen LogP contribution in [0.2, 0.25) is 0 Å². The van der Waals surface area contributed by atoms with Gasteiger partial charge in [0.15, 0.2) is 0 Å². The molecule has 0 fully saturated rings. The maximum Gasteiger partial charge on any atom is 0.488 e. The Morgan fingerprint density at radius 1 is 1.24 bits per heavy atom. The highest BCUT2D eigenvalue weighted by Crippen LogP contribution is 2.05. The fourth-order valence-corrected chi connectivity index (χ4v) is 1.79. The van der Waals surface area contributed by atoms with Crippen LogP contribution in [-0.4, -0.2) is 26.7 Å². The molecule has 0 radical (unpaired) electrons. The van der Waals surface area contributed by atoms with Crippen molar-refractivity contribution in [3.8, 4) is 0 Å². The van der Waals surface area contributed by atoms with E-state index in [1.54, 1.807) is 18.3 Å². The number of aromatic nitrogens is 2. The van der Waals surface area contributed by atoms with Gasteiger partial charge in [-0.1, -0.05) is 31.2 Å². The monoisotopic (exact) mass is 230 g/mol. The summed E-state index contributed by atoms with van der Waals surface area (Å²) in [6.07, 6.45) is 4.65. The van der Waals surface area contributed by atoms with Crippen molar-refractivity contribution in [1.29, 1.82) is 0 Å². The van der Waals surface area contributed by atoms with Gasteiger partial charge in [0, 0.05) is 25.4 Å². The fraction of sp³-hybridized carbons (Fsp3) is 0.250. The van der Waals surface area contributed by atoms with E-state index < -0.39 is 7.12 Å². The van der Waals surface area contributed by atoms with Crippen molar-refractivity contribution in [2.24, 2.45) is 0 Å². The van der Waals surface area contributed by atoms with Gasteiger partial charge >= 0.3 is 7.12 Å². The van der Waals surface area contributed by atoms with Crippen LogP contribution in [0.1, 0.15) is 18.3 Å². The van der Waals surface area contributed by atoms with Crippen LogP contribution in [0.25, 0.3) is 0 Å². The van der Waals surface area contributed by atoms with Crippen LogP contribution < -0.4 is 5.46 Å². The first kappa shape index (κ1) is 11.9. The molecule has 0 saturated carbocycles. The Labute approximate surface area is 101 Å². The van der Waals surface area contributed by atoms with E-state index in [4.69, 9.17) is 10.0 Å². The number of rotatable bonds is 4. The smallest absolute Gasteiger partial charge is 0.423 e. The molecule has 5 heteroatoms. The van der Waals surface area contributed by atoms with Crippen molar-refractivity contribution >= 4 is 12.6 Å². The molecule has 0 spiro atoms. The Morgan fingerprint density at radius 3 is 2.53 bits per heavy atom. The largest absolute Gasteiger partial charge is 0.488 e. The summed E-state index contributed by atoms with van der Waals surface area (Å²) in [7, 11) is -1.40. The van der Waals surface area contributed by atoms with E-state index >= 15 is 0 Å². The summed E-state index contributed by atoms with van der Waals surface area (Å²) in [6.45, 7) is 2.83. The van der Waals surface area contributed by atoms with Gasteiger partial charge in [0.25, 0.3) is 0 Å².